The maximum atomic E-state index is 11.1. The average Bonchev–Trinajstić information content (AvgIpc) is 3.04. The third-order valence-corrected chi connectivity index (χ3v) is 7.47. The molecule has 0 radical (unpaired) electrons. The summed E-state index contributed by atoms with van der Waals surface area (Å²) in [4.78, 5) is 13.4. The molecule has 0 amide bonds. The molecule has 0 saturated carbocycles. The lowest BCUT2D eigenvalue weighted by Crippen LogP contribution is -2.10. The largest absolute Gasteiger partial charge is 0.477 e. The second-order valence-electron chi connectivity index (χ2n) is 10.4. The second kappa shape index (κ2) is 11.9. The van der Waals surface area contributed by atoms with Gasteiger partial charge in [-0.05, 0) is 82.2 Å². The van der Waals surface area contributed by atoms with E-state index in [9.17, 15) is 4.79 Å². The molecule has 1 N–H and O–H groups in total. The van der Waals surface area contributed by atoms with Crippen LogP contribution in [-0.4, -0.2) is 11.1 Å². The lowest BCUT2D eigenvalue weighted by atomic mass is 10.0. The van der Waals surface area contributed by atoms with E-state index in [4.69, 9.17) is 10.4 Å². The minimum absolute atomic E-state index is 0.290. The van der Waals surface area contributed by atoms with Gasteiger partial charge in [0.2, 0.25) is 0 Å². The molecule has 0 unspecified atom stereocenters. The number of aliphatic carboxylic acids is 1. The van der Waals surface area contributed by atoms with Gasteiger partial charge in [0, 0.05) is 16.8 Å². The zero-order valence-corrected chi connectivity index (χ0v) is 23.6. The van der Waals surface area contributed by atoms with E-state index in [1.165, 1.54) is 22.4 Å². The minimum Gasteiger partial charge on any atom is -0.477 e. The van der Waals surface area contributed by atoms with E-state index in [0.717, 1.165) is 39.0 Å². The van der Waals surface area contributed by atoms with Crippen LogP contribution < -0.4 is 4.90 Å². The zero-order valence-electron chi connectivity index (χ0n) is 23.6. The van der Waals surface area contributed by atoms with Gasteiger partial charge in [-0.25, -0.2) is 4.79 Å². The van der Waals surface area contributed by atoms with Crippen LogP contribution in [0, 0.1) is 18.3 Å². The normalized spacial score (nSPS) is 11.6. The van der Waals surface area contributed by atoms with Crippen molar-refractivity contribution in [3.05, 3.63) is 155 Å². The quantitative estimate of drug-likeness (QED) is 0.121. The van der Waals surface area contributed by atoms with Gasteiger partial charge in [0.15, 0.2) is 0 Å². The Balaban J connectivity index is 1.31. The fourth-order valence-corrected chi connectivity index (χ4v) is 5.22. The van der Waals surface area contributed by atoms with Crippen molar-refractivity contribution in [2.45, 2.75) is 6.92 Å². The van der Waals surface area contributed by atoms with Gasteiger partial charge in [-0.2, -0.15) is 5.26 Å². The van der Waals surface area contributed by atoms with E-state index in [0.29, 0.717) is 5.56 Å². The number of hydrogen-bond acceptors (Lipinski definition) is 3. The highest BCUT2D eigenvalue weighted by Crippen LogP contribution is 2.40. The molecule has 43 heavy (non-hydrogen) atoms. The molecule has 0 heterocycles. The number of hydrogen-bond donors (Lipinski definition) is 1. The predicted octanol–water partition coefficient (Wildman–Crippen LogP) is 9.93. The maximum Gasteiger partial charge on any atom is 0.346 e. The number of rotatable bonds is 7. The SMILES string of the molecule is Cc1ccc(N(c2ccc3cc(/C=C/c4ccc(/C=C(\C#N)C(=O)O)cc4)ccc3c2)c2cccc3ccccc23)cc1. The molecule has 6 aromatic carbocycles. The molecule has 0 aromatic heterocycles. The van der Waals surface area contributed by atoms with Gasteiger partial charge >= 0.3 is 5.97 Å². The molecule has 6 aromatic rings. The maximum absolute atomic E-state index is 11.1. The lowest BCUT2D eigenvalue weighted by Gasteiger charge is -2.27. The molecule has 0 fully saturated rings. The number of nitriles is 1. The summed E-state index contributed by atoms with van der Waals surface area (Å²) < 4.78 is 0. The standard InChI is InChI=1S/C39H28N2O2/c1-27-9-20-35(21-10-27)41(38-8-4-6-31-5-2-3-7-37(31)38)36-22-19-32-23-30(17-18-33(32)25-36)16-13-28-11-14-29(15-12-28)24-34(26-40)39(42)43/h2-25H,1H3,(H,42,43)/b16-13+,34-24+. The Hall–Kier alpha value is -5.92. The number of benzene rings is 6. The molecule has 4 heteroatoms. The molecule has 0 spiro atoms. The van der Waals surface area contributed by atoms with Gasteiger partial charge in [-0.15, -0.1) is 0 Å². The van der Waals surface area contributed by atoms with Crippen LogP contribution in [0.3, 0.4) is 0 Å². The van der Waals surface area contributed by atoms with Crippen molar-refractivity contribution in [1.29, 1.82) is 5.26 Å². The first-order chi connectivity index (χ1) is 21.0. The van der Waals surface area contributed by atoms with Crippen LogP contribution in [0.5, 0.6) is 0 Å². The van der Waals surface area contributed by atoms with Gasteiger partial charge in [-0.3, -0.25) is 0 Å². The summed E-state index contributed by atoms with van der Waals surface area (Å²) in [7, 11) is 0. The smallest absolute Gasteiger partial charge is 0.346 e. The number of carboxylic acids is 1. The van der Waals surface area contributed by atoms with Crippen LogP contribution in [0.25, 0.3) is 39.8 Å². The minimum atomic E-state index is -1.23. The van der Waals surface area contributed by atoms with Gasteiger partial charge in [0.25, 0.3) is 0 Å². The molecule has 0 atom stereocenters. The molecular weight excluding hydrogens is 528 g/mol. The topological polar surface area (TPSA) is 64.3 Å². The van der Waals surface area contributed by atoms with Crippen molar-refractivity contribution in [1.82, 2.24) is 0 Å². The summed E-state index contributed by atoms with van der Waals surface area (Å²) in [5.41, 5.74) is 6.98. The molecule has 0 aliphatic rings. The van der Waals surface area contributed by atoms with E-state index in [2.05, 4.69) is 121 Å². The third kappa shape index (κ3) is 5.93. The van der Waals surface area contributed by atoms with E-state index in [1.54, 1.807) is 18.2 Å². The Morgan fingerprint density at radius 1 is 0.674 bits per heavy atom. The van der Waals surface area contributed by atoms with Crippen molar-refractivity contribution in [3.63, 3.8) is 0 Å². The van der Waals surface area contributed by atoms with Crippen molar-refractivity contribution < 1.29 is 9.90 Å². The highest BCUT2D eigenvalue weighted by atomic mass is 16.4. The first-order valence-electron chi connectivity index (χ1n) is 14.0. The van der Waals surface area contributed by atoms with Crippen molar-refractivity contribution in [2.24, 2.45) is 0 Å². The number of carbonyl (C=O) groups is 1. The molecule has 0 aliphatic heterocycles. The van der Waals surface area contributed by atoms with Crippen LogP contribution in [0.4, 0.5) is 17.1 Å². The van der Waals surface area contributed by atoms with E-state index in [-0.39, 0.29) is 5.57 Å². The van der Waals surface area contributed by atoms with E-state index >= 15 is 0 Å². The Bertz CT molecular complexity index is 2060. The first kappa shape index (κ1) is 27.3. The Kier molecular flexibility index (Phi) is 7.54. The first-order valence-corrected chi connectivity index (χ1v) is 14.0. The number of carboxylic acid groups (broad SMARTS) is 1. The van der Waals surface area contributed by atoms with Crippen molar-refractivity contribution in [2.75, 3.05) is 4.90 Å². The summed E-state index contributed by atoms with van der Waals surface area (Å²) in [6.07, 6.45) is 5.45. The van der Waals surface area contributed by atoms with Crippen molar-refractivity contribution >= 4 is 62.8 Å². The van der Waals surface area contributed by atoms with Gasteiger partial charge < -0.3 is 10.0 Å². The third-order valence-electron chi connectivity index (χ3n) is 7.47. The molecule has 0 aliphatic carbocycles. The molecule has 0 bridgehead atoms. The van der Waals surface area contributed by atoms with Crippen LogP contribution in [-0.2, 0) is 4.79 Å². The molecular formula is C39H28N2O2. The highest BCUT2D eigenvalue weighted by Gasteiger charge is 2.15. The highest BCUT2D eigenvalue weighted by molar-refractivity contribution is 6.00. The summed E-state index contributed by atoms with van der Waals surface area (Å²) >= 11 is 0. The predicted molar refractivity (Wildman–Crippen MR) is 177 cm³/mol. The van der Waals surface area contributed by atoms with Crippen LogP contribution in [0.2, 0.25) is 0 Å². The summed E-state index contributed by atoms with van der Waals surface area (Å²) in [5, 5.41) is 22.7. The fourth-order valence-electron chi connectivity index (χ4n) is 5.22. The summed E-state index contributed by atoms with van der Waals surface area (Å²) in [6.45, 7) is 2.11. The average molecular weight is 557 g/mol. The molecule has 4 nitrogen and oxygen atoms in total. The van der Waals surface area contributed by atoms with E-state index in [1.807, 2.05) is 18.2 Å². The molecule has 0 saturated heterocycles. The van der Waals surface area contributed by atoms with E-state index < -0.39 is 5.97 Å². The fraction of sp³-hybridized carbons (Fsp3) is 0.0256. The number of aryl methyl sites for hydroxylation is 1. The van der Waals surface area contributed by atoms with Crippen LogP contribution in [0.15, 0.2) is 133 Å². The molecule has 206 valence electrons. The number of anilines is 3. The summed E-state index contributed by atoms with van der Waals surface area (Å²) in [6, 6.07) is 45.7. The second-order valence-corrected chi connectivity index (χ2v) is 10.4. The van der Waals surface area contributed by atoms with Gasteiger partial charge in [0.05, 0.1) is 5.69 Å². The lowest BCUT2D eigenvalue weighted by molar-refractivity contribution is -0.132. The number of nitrogens with zero attached hydrogens (tertiary/aromatic N) is 2. The van der Waals surface area contributed by atoms with Crippen LogP contribution >= 0.6 is 0 Å². The number of fused-ring (bicyclic) bond motifs is 2. The van der Waals surface area contributed by atoms with Gasteiger partial charge in [0.1, 0.15) is 11.6 Å². The molecule has 6 rings (SSSR count). The van der Waals surface area contributed by atoms with Crippen LogP contribution in [0.1, 0.15) is 22.3 Å². The monoisotopic (exact) mass is 556 g/mol. The Labute approximate surface area is 250 Å². The van der Waals surface area contributed by atoms with Crippen molar-refractivity contribution in [3.8, 4) is 6.07 Å². The Morgan fingerprint density at radius 2 is 1.30 bits per heavy atom. The summed E-state index contributed by atoms with van der Waals surface area (Å²) in [5.74, 6) is -1.23. The van der Waals surface area contributed by atoms with Gasteiger partial charge in [-0.1, -0.05) is 109 Å². The Morgan fingerprint density at radius 3 is 2.07 bits per heavy atom. The zero-order chi connectivity index (χ0) is 29.8.